The number of halogens is 1. The summed E-state index contributed by atoms with van der Waals surface area (Å²) in [7, 11) is 2.99. The van der Waals surface area contributed by atoms with E-state index in [-0.39, 0.29) is 10.6 Å². The molecule has 1 aromatic rings. The molecule has 0 spiro atoms. The molecule has 1 rings (SSSR count). The summed E-state index contributed by atoms with van der Waals surface area (Å²) in [5.41, 5.74) is 1.27. The fourth-order valence-corrected chi connectivity index (χ4v) is 1.42. The van der Waals surface area contributed by atoms with Gasteiger partial charge in [-0.15, -0.1) is 0 Å². The van der Waals surface area contributed by atoms with E-state index < -0.39 is 5.97 Å². The van der Waals surface area contributed by atoms with Crippen LogP contribution in [0.2, 0.25) is 5.02 Å². The first-order valence-electron chi connectivity index (χ1n) is 4.76. The second kappa shape index (κ2) is 6.00. The maximum Gasteiger partial charge on any atom is 0.340 e. The van der Waals surface area contributed by atoms with E-state index in [0.717, 1.165) is 6.21 Å². The lowest BCUT2D eigenvalue weighted by molar-refractivity contribution is 0.0600. The fourth-order valence-electron chi connectivity index (χ4n) is 1.19. The third-order valence-electron chi connectivity index (χ3n) is 2.01. The van der Waals surface area contributed by atoms with Crippen molar-refractivity contribution in [3.8, 4) is 0 Å². The van der Waals surface area contributed by atoms with Gasteiger partial charge in [0.1, 0.15) is 0 Å². The molecule has 2 N–H and O–H groups in total. The number of allylic oxidation sites excluding steroid dienone is 1. The van der Waals surface area contributed by atoms with Gasteiger partial charge >= 0.3 is 5.97 Å². The van der Waals surface area contributed by atoms with Crippen LogP contribution in [0.4, 0.5) is 0 Å². The van der Waals surface area contributed by atoms with Gasteiger partial charge in [0, 0.05) is 31.2 Å². The molecule has 90 valence electrons. The van der Waals surface area contributed by atoms with Gasteiger partial charge in [0.2, 0.25) is 0 Å². The van der Waals surface area contributed by atoms with Crippen LogP contribution in [0.5, 0.6) is 0 Å². The Hall–Kier alpha value is -1.88. The molecule has 0 saturated carbocycles. The molecule has 6 heteroatoms. The van der Waals surface area contributed by atoms with E-state index in [0.29, 0.717) is 11.3 Å². The first kappa shape index (κ1) is 13.2. The molecule has 0 radical (unpaired) electrons. The largest absolute Gasteiger partial charge is 0.465 e. The van der Waals surface area contributed by atoms with Crippen molar-refractivity contribution in [3.05, 3.63) is 34.7 Å². The molecule has 0 unspecified atom stereocenters. The highest BCUT2D eigenvalue weighted by molar-refractivity contribution is 6.33. The number of nitrogens with one attached hydrogen (secondary N) is 2. The first-order chi connectivity index (χ1) is 8.13. The summed E-state index contributed by atoms with van der Waals surface area (Å²) in [5.74, 6) is -0.539. The van der Waals surface area contributed by atoms with Crippen LogP contribution < -0.4 is 5.32 Å². The van der Waals surface area contributed by atoms with Gasteiger partial charge in [0.15, 0.2) is 0 Å². The van der Waals surface area contributed by atoms with E-state index in [4.69, 9.17) is 17.0 Å². The topological polar surface area (TPSA) is 75.1 Å². The summed E-state index contributed by atoms with van der Waals surface area (Å²) >= 11 is 5.94. The van der Waals surface area contributed by atoms with E-state index in [9.17, 15) is 4.79 Å². The standard InChI is InChI=1S/C11H12ClN3O2/c1-14-5-7(4-13)10-3-9(12)8(6-15-10)11(16)17-2/h3-6,13-14H,1-2H3/b7-5+,13-4?. The molecule has 1 heterocycles. The highest BCUT2D eigenvalue weighted by Crippen LogP contribution is 2.20. The molecule has 0 amide bonds. The summed E-state index contributed by atoms with van der Waals surface area (Å²) in [5, 5.41) is 10.3. The number of methoxy groups -OCH3 is 1. The molecule has 0 saturated heterocycles. The molecule has 0 aliphatic rings. The maximum atomic E-state index is 11.3. The Morgan fingerprint density at radius 2 is 2.35 bits per heavy atom. The monoisotopic (exact) mass is 253 g/mol. The Balaban J connectivity index is 3.16. The predicted molar refractivity (Wildman–Crippen MR) is 66.4 cm³/mol. The van der Waals surface area contributed by atoms with Gasteiger partial charge in [-0.2, -0.15) is 0 Å². The first-order valence-corrected chi connectivity index (χ1v) is 5.14. The summed E-state index contributed by atoms with van der Waals surface area (Å²) in [4.78, 5) is 15.3. The van der Waals surface area contributed by atoms with Crippen molar-refractivity contribution < 1.29 is 9.53 Å². The van der Waals surface area contributed by atoms with Gasteiger partial charge in [-0.05, 0) is 6.07 Å². The number of esters is 1. The van der Waals surface area contributed by atoms with Crippen molar-refractivity contribution in [1.29, 1.82) is 5.41 Å². The number of ether oxygens (including phenoxy) is 1. The number of hydrogen-bond acceptors (Lipinski definition) is 5. The second-order valence-corrected chi connectivity index (χ2v) is 3.48. The quantitative estimate of drug-likeness (QED) is 0.633. The summed E-state index contributed by atoms with van der Waals surface area (Å²) in [6.45, 7) is 0. The molecular weight excluding hydrogens is 242 g/mol. The van der Waals surface area contributed by atoms with Crippen molar-refractivity contribution in [2.75, 3.05) is 14.2 Å². The molecule has 1 aromatic heterocycles. The van der Waals surface area contributed by atoms with Gasteiger partial charge in [-0.25, -0.2) is 4.79 Å². The number of nitrogens with zero attached hydrogens (tertiary/aromatic N) is 1. The molecule has 0 atom stereocenters. The van der Waals surface area contributed by atoms with Gasteiger partial charge in [0.25, 0.3) is 0 Å². The van der Waals surface area contributed by atoms with Crippen molar-refractivity contribution >= 4 is 29.4 Å². The SMILES string of the molecule is CN/C=C(\C=N)c1cc(Cl)c(C(=O)OC)cn1. The number of carbonyl (C=O) groups excluding carboxylic acids is 1. The number of carbonyl (C=O) groups is 1. The third-order valence-corrected chi connectivity index (χ3v) is 2.32. The van der Waals surface area contributed by atoms with Gasteiger partial charge in [-0.3, -0.25) is 4.98 Å². The minimum atomic E-state index is -0.539. The van der Waals surface area contributed by atoms with Crippen LogP contribution in [-0.2, 0) is 4.74 Å². The van der Waals surface area contributed by atoms with Crippen molar-refractivity contribution in [2.45, 2.75) is 0 Å². The van der Waals surface area contributed by atoms with E-state index in [1.807, 2.05) is 0 Å². The minimum Gasteiger partial charge on any atom is -0.465 e. The summed E-state index contributed by atoms with van der Waals surface area (Å²) in [6.07, 6.45) is 4.09. The number of pyridine rings is 1. The molecule has 0 bridgehead atoms. The number of hydrogen-bond donors (Lipinski definition) is 2. The van der Waals surface area contributed by atoms with Gasteiger partial charge in [-0.1, -0.05) is 11.6 Å². The van der Waals surface area contributed by atoms with E-state index in [1.165, 1.54) is 19.4 Å². The summed E-state index contributed by atoms with van der Waals surface area (Å²) in [6, 6.07) is 1.52. The molecule has 0 aliphatic carbocycles. The van der Waals surface area contributed by atoms with Crippen LogP contribution >= 0.6 is 11.6 Å². The summed E-state index contributed by atoms with van der Waals surface area (Å²) < 4.78 is 4.56. The smallest absolute Gasteiger partial charge is 0.340 e. The second-order valence-electron chi connectivity index (χ2n) is 3.07. The zero-order valence-corrected chi connectivity index (χ0v) is 10.2. The van der Waals surface area contributed by atoms with Crippen LogP contribution in [0, 0.1) is 5.41 Å². The lowest BCUT2D eigenvalue weighted by Crippen LogP contribution is -2.05. The Kier molecular flexibility index (Phi) is 4.66. The number of rotatable bonds is 4. The predicted octanol–water partition coefficient (Wildman–Crippen LogP) is 1.73. The van der Waals surface area contributed by atoms with Crippen LogP contribution in [-0.4, -0.2) is 31.3 Å². The van der Waals surface area contributed by atoms with E-state index in [1.54, 1.807) is 13.2 Å². The molecule has 0 aliphatic heterocycles. The van der Waals surface area contributed by atoms with Gasteiger partial charge < -0.3 is 15.5 Å². The highest BCUT2D eigenvalue weighted by Gasteiger charge is 2.12. The van der Waals surface area contributed by atoms with Crippen LogP contribution in [0.15, 0.2) is 18.5 Å². The zero-order valence-electron chi connectivity index (χ0n) is 9.45. The maximum absolute atomic E-state index is 11.3. The molecule has 5 nitrogen and oxygen atoms in total. The zero-order chi connectivity index (χ0) is 12.8. The van der Waals surface area contributed by atoms with Crippen molar-refractivity contribution in [3.63, 3.8) is 0 Å². The third kappa shape index (κ3) is 3.04. The minimum absolute atomic E-state index is 0.201. The normalized spacial score (nSPS) is 10.9. The van der Waals surface area contributed by atoms with Crippen LogP contribution in [0.25, 0.3) is 5.57 Å². The van der Waals surface area contributed by atoms with Crippen molar-refractivity contribution in [2.24, 2.45) is 0 Å². The highest BCUT2D eigenvalue weighted by atomic mass is 35.5. The molecule has 0 fully saturated rings. The molecule has 0 aromatic carbocycles. The lowest BCUT2D eigenvalue weighted by atomic mass is 10.1. The average molecular weight is 254 g/mol. The fraction of sp³-hybridized carbons (Fsp3) is 0.182. The average Bonchev–Trinajstić information content (AvgIpc) is 2.35. The van der Waals surface area contributed by atoms with E-state index in [2.05, 4.69) is 15.0 Å². The Morgan fingerprint density at radius 1 is 1.65 bits per heavy atom. The lowest BCUT2D eigenvalue weighted by Gasteiger charge is -2.05. The van der Waals surface area contributed by atoms with Gasteiger partial charge in [0.05, 0.1) is 23.4 Å². The number of aromatic nitrogens is 1. The van der Waals surface area contributed by atoms with Crippen LogP contribution in [0.1, 0.15) is 16.1 Å². The molecular formula is C11H12ClN3O2. The molecule has 17 heavy (non-hydrogen) atoms. The van der Waals surface area contributed by atoms with E-state index >= 15 is 0 Å². The Labute approximate surface area is 104 Å². The Morgan fingerprint density at radius 3 is 2.82 bits per heavy atom. The Bertz CT molecular complexity index is 472. The van der Waals surface area contributed by atoms with Crippen molar-refractivity contribution in [1.82, 2.24) is 10.3 Å². The van der Waals surface area contributed by atoms with Crippen LogP contribution in [0.3, 0.4) is 0 Å².